The van der Waals surface area contributed by atoms with Crippen molar-refractivity contribution in [3.05, 3.63) is 140 Å². The van der Waals surface area contributed by atoms with Crippen LogP contribution in [0.1, 0.15) is 42.2 Å². The van der Waals surface area contributed by atoms with Crippen LogP contribution in [0.15, 0.2) is 111 Å². The Morgan fingerprint density at radius 2 is 1.31 bits per heavy atom. The standard InChI is InChI=1S/C31H29NO7/c1-30(2)38-26-24(37-25(27(26)39-30)23-18-35-29(34)32-28(23)33)19-36-31(20-12-6-3-7-13-20,21-14-8-4-9-15-21)22-16-10-5-11-17-22/h3-18,24-27H,19H2,1-2H3,(H,32,33,34)/t24-,25?,26-,27+/m1/s1. The van der Waals surface area contributed by atoms with Gasteiger partial charge in [-0.1, -0.05) is 91.0 Å². The molecule has 8 nitrogen and oxygen atoms in total. The highest BCUT2D eigenvalue weighted by Gasteiger charge is 2.57. The summed E-state index contributed by atoms with van der Waals surface area (Å²) in [6, 6.07) is 30.1. The van der Waals surface area contributed by atoms with E-state index in [1.54, 1.807) is 0 Å². The van der Waals surface area contributed by atoms with Crippen LogP contribution in [0.4, 0.5) is 0 Å². The van der Waals surface area contributed by atoms with Crippen molar-refractivity contribution in [3.63, 3.8) is 0 Å². The molecule has 2 fully saturated rings. The van der Waals surface area contributed by atoms with E-state index in [-0.39, 0.29) is 12.2 Å². The van der Waals surface area contributed by atoms with E-state index in [0.717, 1.165) is 23.0 Å². The highest BCUT2D eigenvalue weighted by Crippen LogP contribution is 2.46. The molecule has 8 heteroatoms. The maximum atomic E-state index is 12.6. The molecule has 0 spiro atoms. The smallest absolute Gasteiger partial charge is 0.417 e. The molecule has 0 aliphatic carbocycles. The van der Waals surface area contributed by atoms with Crippen LogP contribution in [-0.2, 0) is 24.5 Å². The van der Waals surface area contributed by atoms with Crippen LogP contribution in [-0.4, -0.2) is 35.7 Å². The first kappa shape index (κ1) is 25.5. The highest BCUT2D eigenvalue weighted by molar-refractivity contribution is 5.47. The monoisotopic (exact) mass is 527 g/mol. The summed E-state index contributed by atoms with van der Waals surface area (Å²) in [6.45, 7) is 3.76. The third-order valence-electron chi connectivity index (χ3n) is 7.23. The molecular formula is C31H29NO7. The normalized spacial score (nSPS) is 23.9. The molecule has 4 atom stereocenters. The van der Waals surface area contributed by atoms with Crippen molar-refractivity contribution < 1.29 is 23.4 Å². The Kier molecular flexibility index (Phi) is 6.56. The molecule has 0 amide bonds. The van der Waals surface area contributed by atoms with Gasteiger partial charge < -0.3 is 23.4 Å². The van der Waals surface area contributed by atoms with Crippen molar-refractivity contribution in [1.82, 2.24) is 4.98 Å². The molecule has 39 heavy (non-hydrogen) atoms. The number of nitrogens with one attached hydrogen (secondary N) is 1. The van der Waals surface area contributed by atoms with E-state index in [0.29, 0.717) is 0 Å². The largest absolute Gasteiger partial charge is 0.419 e. The maximum Gasteiger partial charge on any atom is 0.419 e. The number of ether oxygens (including phenoxy) is 4. The molecule has 6 rings (SSSR count). The van der Waals surface area contributed by atoms with E-state index in [4.69, 9.17) is 23.4 Å². The SMILES string of the molecule is CC1(C)O[C@@H]2[C@@H](COC(c3ccccc3)(c3ccccc3)c3ccccc3)OC(c3coc(=O)[nH]c3=O)[C@@H]2O1. The van der Waals surface area contributed by atoms with Crippen molar-refractivity contribution in [2.24, 2.45) is 0 Å². The number of benzene rings is 3. The van der Waals surface area contributed by atoms with E-state index in [1.807, 2.05) is 105 Å². The molecule has 3 heterocycles. The molecule has 0 bridgehead atoms. The van der Waals surface area contributed by atoms with E-state index in [9.17, 15) is 9.59 Å². The van der Waals surface area contributed by atoms with Gasteiger partial charge in [-0.15, -0.1) is 0 Å². The van der Waals surface area contributed by atoms with E-state index in [1.165, 1.54) is 0 Å². The van der Waals surface area contributed by atoms with Gasteiger partial charge in [-0.05, 0) is 30.5 Å². The molecular weight excluding hydrogens is 498 g/mol. The second kappa shape index (κ2) is 10.1. The zero-order valence-electron chi connectivity index (χ0n) is 21.6. The fourth-order valence-corrected chi connectivity index (χ4v) is 5.60. The van der Waals surface area contributed by atoms with Crippen LogP contribution in [0.25, 0.3) is 0 Å². The van der Waals surface area contributed by atoms with Crippen LogP contribution in [0.3, 0.4) is 0 Å². The van der Waals surface area contributed by atoms with Gasteiger partial charge in [-0.2, -0.15) is 0 Å². The molecule has 200 valence electrons. The summed E-state index contributed by atoms with van der Waals surface area (Å²) in [5, 5.41) is 0. The molecule has 2 saturated heterocycles. The van der Waals surface area contributed by atoms with Gasteiger partial charge in [0.25, 0.3) is 5.56 Å². The lowest BCUT2D eigenvalue weighted by atomic mass is 9.80. The van der Waals surface area contributed by atoms with Gasteiger partial charge >= 0.3 is 5.76 Å². The Balaban J connectivity index is 1.40. The molecule has 1 aromatic heterocycles. The van der Waals surface area contributed by atoms with Crippen molar-refractivity contribution in [3.8, 4) is 0 Å². The third kappa shape index (κ3) is 4.66. The Hall–Kier alpha value is -3.82. The number of hydrogen-bond acceptors (Lipinski definition) is 7. The van der Waals surface area contributed by atoms with Crippen LogP contribution in [0.5, 0.6) is 0 Å². The second-order valence-corrected chi connectivity index (χ2v) is 10.2. The minimum atomic E-state index is -0.952. The average Bonchev–Trinajstić information content (AvgIpc) is 3.44. The van der Waals surface area contributed by atoms with Crippen LogP contribution in [0.2, 0.25) is 0 Å². The summed E-state index contributed by atoms with van der Waals surface area (Å²) in [5.41, 5.74) is 1.49. The van der Waals surface area contributed by atoms with Crippen LogP contribution >= 0.6 is 0 Å². The summed E-state index contributed by atoms with van der Waals surface area (Å²) < 4.78 is 30.7. The van der Waals surface area contributed by atoms with Gasteiger partial charge in [-0.25, -0.2) is 4.79 Å². The Morgan fingerprint density at radius 3 is 1.82 bits per heavy atom. The molecule has 0 radical (unpaired) electrons. The first-order valence-electron chi connectivity index (χ1n) is 12.9. The fraction of sp³-hybridized carbons (Fsp3) is 0.290. The molecule has 0 saturated carbocycles. The van der Waals surface area contributed by atoms with Crippen LogP contribution in [0, 0.1) is 0 Å². The lowest BCUT2D eigenvalue weighted by molar-refractivity contribution is -0.196. The first-order chi connectivity index (χ1) is 18.9. The first-order valence-corrected chi connectivity index (χ1v) is 12.9. The van der Waals surface area contributed by atoms with Gasteiger partial charge in [0.05, 0.1) is 12.2 Å². The average molecular weight is 528 g/mol. The molecule has 4 aromatic rings. The lowest BCUT2D eigenvalue weighted by Gasteiger charge is -2.37. The molecule has 2 aliphatic rings. The summed E-state index contributed by atoms with van der Waals surface area (Å²) in [7, 11) is 0. The Morgan fingerprint density at radius 1 is 0.795 bits per heavy atom. The van der Waals surface area contributed by atoms with Gasteiger partial charge in [0.1, 0.15) is 36.3 Å². The Bertz CT molecular complexity index is 1440. The highest BCUT2D eigenvalue weighted by atomic mass is 16.8. The number of aromatic nitrogens is 1. The van der Waals surface area contributed by atoms with Gasteiger partial charge in [0.15, 0.2) is 5.79 Å². The predicted molar refractivity (Wildman–Crippen MR) is 142 cm³/mol. The number of hydrogen-bond donors (Lipinski definition) is 1. The third-order valence-corrected chi connectivity index (χ3v) is 7.23. The second-order valence-electron chi connectivity index (χ2n) is 10.2. The summed E-state index contributed by atoms with van der Waals surface area (Å²) in [5.74, 6) is -1.73. The zero-order chi connectivity index (χ0) is 27.0. The molecule has 2 aliphatic heterocycles. The number of H-pyrrole nitrogens is 1. The van der Waals surface area contributed by atoms with E-state index < -0.39 is 47.1 Å². The number of fused-ring (bicyclic) bond motifs is 1. The number of rotatable bonds is 7. The van der Waals surface area contributed by atoms with Gasteiger partial charge in [0.2, 0.25) is 0 Å². The van der Waals surface area contributed by atoms with Crippen LogP contribution < -0.4 is 11.3 Å². The van der Waals surface area contributed by atoms with Crippen molar-refractivity contribution in [2.75, 3.05) is 6.61 Å². The zero-order valence-corrected chi connectivity index (χ0v) is 21.6. The minimum Gasteiger partial charge on any atom is -0.417 e. The summed E-state index contributed by atoms with van der Waals surface area (Å²) in [6.07, 6.45) is -1.37. The molecule has 1 N–H and O–H groups in total. The minimum absolute atomic E-state index is 0.129. The number of aromatic amines is 1. The topological polar surface area (TPSA) is 100.0 Å². The van der Waals surface area contributed by atoms with Crippen molar-refractivity contribution >= 4 is 0 Å². The lowest BCUT2D eigenvalue weighted by Crippen LogP contribution is -2.39. The van der Waals surface area contributed by atoms with Crippen molar-refractivity contribution in [2.45, 2.75) is 49.7 Å². The predicted octanol–water partition coefficient (Wildman–Crippen LogP) is 4.30. The van der Waals surface area contributed by atoms with Gasteiger partial charge in [0, 0.05) is 0 Å². The summed E-state index contributed by atoms with van der Waals surface area (Å²) >= 11 is 0. The molecule has 1 unspecified atom stereocenters. The van der Waals surface area contributed by atoms with E-state index >= 15 is 0 Å². The Labute approximate surface area is 225 Å². The van der Waals surface area contributed by atoms with Crippen molar-refractivity contribution in [1.29, 1.82) is 0 Å². The summed E-state index contributed by atoms with van der Waals surface area (Å²) in [4.78, 5) is 26.3. The maximum absolute atomic E-state index is 12.6. The quantitative estimate of drug-likeness (QED) is 0.358. The fourth-order valence-electron chi connectivity index (χ4n) is 5.60. The molecule has 3 aromatic carbocycles. The van der Waals surface area contributed by atoms with E-state index in [2.05, 4.69) is 4.98 Å². The van der Waals surface area contributed by atoms with Gasteiger partial charge in [-0.3, -0.25) is 9.78 Å².